The summed E-state index contributed by atoms with van der Waals surface area (Å²) in [4.78, 5) is 0. The van der Waals surface area contributed by atoms with E-state index in [0.717, 1.165) is 12.0 Å². The van der Waals surface area contributed by atoms with Crippen molar-refractivity contribution in [2.24, 2.45) is 11.7 Å². The fraction of sp³-hybridized carbons (Fsp3) is 0.333. The van der Waals surface area contributed by atoms with E-state index in [1.807, 2.05) is 6.07 Å². The number of halogens is 1. The molecule has 0 aromatic heterocycles. The average molecular weight is 191 g/mol. The Balaban J connectivity index is 2.40. The van der Waals surface area contributed by atoms with E-state index < -0.39 is 0 Å². The molecule has 1 aromatic carbocycles. The van der Waals surface area contributed by atoms with Crippen LogP contribution in [0.25, 0.3) is 5.57 Å². The highest BCUT2D eigenvalue weighted by atomic mass is 19.1. The van der Waals surface area contributed by atoms with Gasteiger partial charge in [0.2, 0.25) is 0 Å². The molecule has 0 aliphatic heterocycles. The molecule has 74 valence electrons. The van der Waals surface area contributed by atoms with Gasteiger partial charge in [0.15, 0.2) is 0 Å². The Labute approximate surface area is 83.4 Å². The van der Waals surface area contributed by atoms with Gasteiger partial charge in [-0.1, -0.05) is 19.1 Å². The van der Waals surface area contributed by atoms with Gasteiger partial charge < -0.3 is 5.73 Å². The minimum atomic E-state index is -0.166. The predicted octanol–water partition coefficient (Wildman–Crippen LogP) is 2.36. The monoisotopic (exact) mass is 191 g/mol. The first-order valence-electron chi connectivity index (χ1n) is 4.91. The van der Waals surface area contributed by atoms with E-state index in [1.165, 1.54) is 17.2 Å². The van der Waals surface area contributed by atoms with Crippen LogP contribution in [0.4, 0.5) is 4.39 Å². The lowest BCUT2D eigenvalue weighted by Crippen LogP contribution is -2.11. The zero-order valence-corrected chi connectivity index (χ0v) is 8.26. The summed E-state index contributed by atoms with van der Waals surface area (Å²) in [6, 6.07) is 4.99. The molecule has 0 spiro atoms. The van der Waals surface area contributed by atoms with Gasteiger partial charge in [-0.3, -0.25) is 0 Å². The second-order valence-electron chi connectivity index (χ2n) is 3.80. The zero-order valence-electron chi connectivity index (χ0n) is 8.26. The van der Waals surface area contributed by atoms with Crippen molar-refractivity contribution in [3.8, 4) is 0 Å². The van der Waals surface area contributed by atoms with E-state index in [9.17, 15) is 4.39 Å². The second-order valence-corrected chi connectivity index (χ2v) is 3.80. The molecule has 0 radical (unpaired) electrons. The molecule has 1 aliphatic rings. The van der Waals surface area contributed by atoms with E-state index >= 15 is 0 Å². The molecular weight excluding hydrogens is 177 g/mol. The van der Waals surface area contributed by atoms with E-state index in [2.05, 4.69) is 13.0 Å². The van der Waals surface area contributed by atoms with E-state index in [4.69, 9.17) is 5.73 Å². The van der Waals surface area contributed by atoms with Gasteiger partial charge in [0.25, 0.3) is 0 Å². The quantitative estimate of drug-likeness (QED) is 0.763. The third kappa shape index (κ3) is 1.46. The number of allylic oxidation sites excluding steroid dienone is 1. The molecule has 1 nitrogen and oxygen atoms in total. The van der Waals surface area contributed by atoms with Gasteiger partial charge in [0, 0.05) is 0 Å². The topological polar surface area (TPSA) is 26.0 Å². The molecule has 1 atom stereocenters. The SMILES string of the molecule is CC(CN)C1=CCc2ccc(F)cc21. The lowest BCUT2D eigenvalue weighted by Gasteiger charge is -2.12. The van der Waals surface area contributed by atoms with Crippen LogP contribution < -0.4 is 5.73 Å². The summed E-state index contributed by atoms with van der Waals surface area (Å²) in [5.74, 6) is 0.152. The van der Waals surface area contributed by atoms with Crippen LogP contribution in [-0.2, 0) is 6.42 Å². The molecule has 0 saturated carbocycles. The first-order chi connectivity index (χ1) is 6.72. The van der Waals surface area contributed by atoms with Crippen LogP contribution in [-0.4, -0.2) is 6.54 Å². The fourth-order valence-corrected chi connectivity index (χ4v) is 1.92. The molecule has 0 fully saturated rings. The smallest absolute Gasteiger partial charge is 0.123 e. The van der Waals surface area contributed by atoms with Gasteiger partial charge in [0.1, 0.15) is 5.82 Å². The molecule has 2 rings (SSSR count). The molecule has 1 aliphatic carbocycles. The van der Waals surface area contributed by atoms with Crippen molar-refractivity contribution in [2.45, 2.75) is 13.3 Å². The lowest BCUT2D eigenvalue weighted by molar-refractivity contribution is 0.626. The summed E-state index contributed by atoms with van der Waals surface area (Å²) < 4.78 is 13.0. The van der Waals surface area contributed by atoms with E-state index in [1.54, 1.807) is 6.07 Å². The number of fused-ring (bicyclic) bond motifs is 1. The van der Waals surface area contributed by atoms with E-state index in [0.29, 0.717) is 12.5 Å². The third-order valence-corrected chi connectivity index (χ3v) is 2.81. The van der Waals surface area contributed by atoms with Crippen LogP contribution in [0.5, 0.6) is 0 Å². The summed E-state index contributed by atoms with van der Waals surface area (Å²) in [5.41, 5.74) is 9.06. The van der Waals surface area contributed by atoms with Crippen molar-refractivity contribution in [1.82, 2.24) is 0 Å². The van der Waals surface area contributed by atoms with E-state index in [-0.39, 0.29) is 5.82 Å². The van der Waals surface area contributed by atoms with Gasteiger partial charge >= 0.3 is 0 Å². The largest absolute Gasteiger partial charge is 0.330 e. The highest BCUT2D eigenvalue weighted by Gasteiger charge is 2.18. The zero-order chi connectivity index (χ0) is 10.1. The Kier molecular flexibility index (Phi) is 2.38. The maximum Gasteiger partial charge on any atom is 0.123 e. The number of hydrogen-bond acceptors (Lipinski definition) is 1. The van der Waals surface area contributed by atoms with Crippen molar-refractivity contribution < 1.29 is 4.39 Å². The van der Waals surface area contributed by atoms with Crippen LogP contribution in [0.15, 0.2) is 24.3 Å². The maximum atomic E-state index is 13.0. The minimum Gasteiger partial charge on any atom is -0.330 e. The summed E-state index contributed by atoms with van der Waals surface area (Å²) >= 11 is 0. The molecule has 2 heteroatoms. The first-order valence-corrected chi connectivity index (χ1v) is 4.91. The Morgan fingerprint density at radius 3 is 3.00 bits per heavy atom. The Hall–Kier alpha value is -1.15. The predicted molar refractivity (Wildman–Crippen MR) is 56.3 cm³/mol. The molecule has 0 saturated heterocycles. The first kappa shape index (κ1) is 9.41. The third-order valence-electron chi connectivity index (χ3n) is 2.81. The van der Waals surface area contributed by atoms with Crippen molar-refractivity contribution in [3.05, 3.63) is 41.2 Å². The molecule has 1 unspecified atom stereocenters. The maximum absolute atomic E-state index is 13.0. The van der Waals surface area contributed by atoms with Gasteiger partial charge in [0.05, 0.1) is 0 Å². The molecule has 1 aromatic rings. The van der Waals surface area contributed by atoms with Crippen molar-refractivity contribution in [2.75, 3.05) is 6.54 Å². The summed E-state index contributed by atoms with van der Waals surface area (Å²) in [5, 5.41) is 0. The highest BCUT2D eigenvalue weighted by molar-refractivity contribution is 5.74. The normalized spacial score (nSPS) is 16.4. The molecule has 0 amide bonds. The second kappa shape index (κ2) is 3.54. The van der Waals surface area contributed by atoms with Crippen LogP contribution in [0.1, 0.15) is 18.1 Å². The van der Waals surface area contributed by atoms with Crippen molar-refractivity contribution in [1.29, 1.82) is 0 Å². The number of hydrogen-bond donors (Lipinski definition) is 1. The molecule has 0 bridgehead atoms. The Bertz CT molecular complexity index is 382. The standard InChI is InChI=1S/C12H14FN/c1-8(7-14)11-5-3-9-2-4-10(13)6-12(9)11/h2,4-6,8H,3,7,14H2,1H3. The number of nitrogens with two attached hydrogens (primary N) is 1. The van der Waals surface area contributed by atoms with Crippen molar-refractivity contribution >= 4 is 5.57 Å². The molecule has 0 heterocycles. The molecular formula is C12H14FN. The summed E-state index contributed by atoms with van der Waals surface area (Å²) in [7, 11) is 0. The Morgan fingerprint density at radius 2 is 2.29 bits per heavy atom. The van der Waals surface area contributed by atoms with Gasteiger partial charge in [-0.2, -0.15) is 0 Å². The van der Waals surface area contributed by atoms with Crippen LogP contribution in [0.2, 0.25) is 0 Å². The number of rotatable bonds is 2. The molecule has 14 heavy (non-hydrogen) atoms. The lowest BCUT2D eigenvalue weighted by atomic mass is 9.95. The van der Waals surface area contributed by atoms with Crippen LogP contribution in [0, 0.1) is 11.7 Å². The average Bonchev–Trinajstić information content (AvgIpc) is 2.59. The molecule has 2 N–H and O–H groups in total. The van der Waals surface area contributed by atoms with Gasteiger partial charge in [-0.05, 0) is 47.7 Å². The fourth-order valence-electron chi connectivity index (χ4n) is 1.92. The highest BCUT2D eigenvalue weighted by Crippen LogP contribution is 2.32. The minimum absolute atomic E-state index is 0.166. The summed E-state index contributed by atoms with van der Waals surface area (Å²) in [6.07, 6.45) is 3.07. The summed E-state index contributed by atoms with van der Waals surface area (Å²) in [6.45, 7) is 2.69. The number of benzene rings is 1. The van der Waals surface area contributed by atoms with Crippen molar-refractivity contribution in [3.63, 3.8) is 0 Å². The van der Waals surface area contributed by atoms with Crippen LogP contribution in [0.3, 0.4) is 0 Å². The van der Waals surface area contributed by atoms with Gasteiger partial charge in [-0.15, -0.1) is 0 Å². The van der Waals surface area contributed by atoms with Crippen LogP contribution >= 0.6 is 0 Å². The van der Waals surface area contributed by atoms with Gasteiger partial charge in [-0.25, -0.2) is 4.39 Å². The Morgan fingerprint density at radius 1 is 1.50 bits per heavy atom.